The Bertz CT molecular complexity index is 981. The summed E-state index contributed by atoms with van der Waals surface area (Å²) in [5.74, 6) is -0.211. The third-order valence-electron chi connectivity index (χ3n) is 4.49. The number of non-ortho nitro benzene ring substituents is 1. The van der Waals surface area contributed by atoms with Gasteiger partial charge in [0.15, 0.2) is 0 Å². The number of nitro benzene ring substituents is 1. The smallest absolute Gasteiger partial charge is 0.269 e. The standard InChI is InChI=1S/C18H19N3O5S/c1-13-5-4-6-16(18(22)20-11-2-3-12-20)17(13)19-27(25,26)15-9-7-14(8-10-15)21(23)24/h4-10,19H,2-3,11-12H2,1H3. The number of rotatable bonds is 5. The summed E-state index contributed by atoms with van der Waals surface area (Å²) < 4.78 is 27.9. The molecule has 0 atom stereocenters. The second kappa shape index (κ2) is 7.36. The molecule has 0 unspecified atom stereocenters. The highest BCUT2D eigenvalue weighted by molar-refractivity contribution is 7.92. The molecule has 8 nitrogen and oxygen atoms in total. The van der Waals surface area contributed by atoms with Gasteiger partial charge in [0.1, 0.15) is 0 Å². The molecular formula is C18H19N3O5S. The van der Waals surface area contributed by atoms with Crippen molar-refractivity contribution in [3.05, 3.63) is 63.7 Å². The number of anilines is 1. The van der Waals surface area contributed by atoms with E-state index < -0.39 is 14.9 Å². The molecule has 9 heteroatoms. The molecule has 0 radical (unpaired) electrons. The van der Waals surface area contributed by atoms with Gasteiger partial charge in [0.2, 0.25) is 0 Å². The van der Waals surface area contributed by atoms with E-state index in [4.69, 9.17) is 0 Å². The van der Waals surface area contributed by atoms with Crippen LogP contribution in [0.15, 0.2) is 47.4 Å². The Morgan fingerprint density at radius 1 is 1.11 bits per heavy atom. The Kier molecular flexibility index (Phi) is 5.13. The lowest BCUT2D eigenvalue weighted by molar-refractivity contribution is -0.384. The van der Waals surface area contributed by atoms with Crippen LogP contribution >= 0.6 is 0 Å². The summed E-state index contributed by atoms with van der Waals surface area (Å²) >= 11 is 0. The molecule has 0 saturated carbocycles. The van der Waals surface area contributed by atoms with Gasteiger partial charge in [0, 0.05) is 25.2 Å². The van der Waals surface area contributed by atoms with Crippen LogP contribution in [-0.2, 0) is 10.0 Å². The Hall–Kier alpha value is -2.94. The van der Waals surface area contributed by atoms with Crippen molar-refractivity contribution in [2.75, 3.05) is 17.8 Å². The maximum Gasteiger partial charge on any atom is 0.269 e. The molecular weight excluding hydrogens is 370 g/mol. The van der Waals surface area contributed by atoms with Crippen molar-refractivity contribution in [3.8, 4) is 0 Å². The van der Waals surface area contributed by atoms with Gasteiger partial charge in [-0.3, -0.25) is 19.6 Å². The largest absolute Gasteiger partial charge is 0.339 e. The van der Waals surface area contributed by atoms with Crippen molar-refractivity contribution < 1.29 is 18.1 Å². The predicted octanol–water partition coefficient (Wildman–Crippen LogP) is 2.94. The van der Waals surface area contributed by atoms with Gasteiger partial charge in [-0.05, 0) is 43.5 Å². The highest BCUT2D eigenvalue weighted by atomic mass is 32.2. The third-order valence-corrected chi connectivity index (χ3v) is 5.86. The molecule has 2 aromatic rings. The summed E-state index contributed by atoms with van der Waals surface area (Å²) in [6, 6.07) is 9.62. The Labute approximate surface area is 157 Å². The molecule has 1 heterocycles. The number of likely N-dealkylation sites (tertiary alicyclic amines) is 1. The molecule has 0 bridgehead atoms. The van der Waals surface area contributed by atoms with Gasteiger partial charge in [-0.1, -0.05) is 12.1 Å². The van der Waals surface area contributed by atoms with E-state index >= 15 is 0 Å². The highest BCUT2D eigenvalue weighted by Crippen LogP contribution is 2.27. The van der Waals surface area contributed by atoms with Crippen LogP contribution < -0.4 is 4.72 Å². The minimum Gasteiger partial charge on any atom is -0.339 e. The number of nitrogens with zero attached hydrogens (tertiary/aromatic N) is 2. The van der Waals surface area contributed by atoms with E-state index in [0.717, 1.165) is 25.0 Å². The summed E-state index contributed by atoms with van der Waals surface area (Å²) in [6.07, 6.45) is 1.86. The van der Waals surface area contributed by atoms with E-state index in [0.29, 0.717) is 24.2 Å². The lowest BCUT2D eigenvalue weighted by Gasteiger charge is -2.19. The van der Waals surface area contributed by atoms with Crippen LogP contribution in [0.5, 0.6) is 0 Å². The van der Waals surface area contributed by atoms with E-state index in [2.05, 4.69) is 4.72 Å². The molecule has 0 spiro atoms. The molecule has 0 aliphatic carbocycles. The van der Waals surface area contributed by atoms with Gasteiger partial charge in [0.25, 0.3) is 21.6 Å². The molecule has 1 fully saturated rings. The van der Waals surface area contributed by atoms with Gasteiger partial charge in [-0.25, -0.2) is 8.42 Å². The fourth-order valence-electron chi connectivity index (χ4n) is 3.01. The molecule has 1 amide bonds. The maximum atomic E-state index is 12.8. The molecule has 1 aliphatic rings. The first-order valence-electron chi connectivity index (χ1n) is 8.46. The second-order valence-corrected chi connectivity index (χ2v) is 8.04. The van der Waals surface area contributed by atoms with Gasteiger partial charge >= 0.3 is 0 Å². The first-order chi connectivity index (χ1) is 12.8. The van der Waals surface area contributed by atoms with Crippen LogP contribution in [-0.4, -0.2) is 37.2 Å². The van der Waals surface area contributed by atoms with E-state index in [9.17, 15) is 23.3 Å². The molecule has 142 valence electrons. The number of hydrogen-bond donors (Lipinski definition) is 1. The maximum absolute atomic E-state index is 12.8. The summed E-state index contributed by atoms with van der Waals surface area (Å²) in [7, 11) is -4.00. The van der Waals surface area contributed by atoms with Crippen molar-refractivity contribution in [3.63, 3.8) is 0 Å². The average molecular weight is 389 g/mol. The SMILES string of the molecule is Cc1cccc(C(=O)N2CCCC2)c1NS(=O)(=O)c1ccc([N+](=O)[O-])cc1. The van der Waals surface area contributed by atoms with Crippen LogP contribution in [0.2, 0.25) is 0 Å². The second-order valence-electron chi connectivity index (χ2n) is 6.35. The number of para-hydroxylation sites is 1. The number of hydrogen-bond acceptors (Lipinski definition) is 5. The first kappa shape index (κ1) is 18.8. The predicted molar refractivity (Wildman–Crippen MR) is 100 cm³/mol. The Morgan fingerprint density at radius 2 is 1.74 bits per heavy atom. The van der Waals surface area contributed by atoms with Crippen LogP contribution in [0.3, 0.4) is 0 Å². The van der Waals surface area contributed by atoms with Gasteiger partial charge in [0.05, 0.1) is 21.1 Å². The molecule has 27 heavy (non-hydrogen) atoms. The summed E-state index contributed by atoms with van der Waals surface area (Å²) in [4.78, 5) is 24.5. The number of amides is 1. The van der Waals surface area contributed by atoms with Crippen LogP contribution in [0, 0.1) is 17.0 Å². The normalized spacial score (nSPS) is 14.2. The zero-order valence-electron chi connectivity index (χ0n) is 14.7. The van der Waals surface area contributed by atoms with Crippen molar-refractivity contribution >= 4 is 27.3 Å². The summed E-state index contributed by atoms with van der Waals surface area (Å²) in [5, 5.41) is 10.7. The number of carbonyl (C=O) groups excluding carboxylic acids is 1. The number of sulfonamides is 1. The van der Waals surface area contributed by atoms with Crippen LogP contribution in [0.4, 0.5) is 11.4 Å². The number of carbonyl (C=O) groups is 1. The summed E-state index contributed by atoms with van der Waals surface area (Å²) in [5.41, 5.74) is 0.940. The Balaban J connectivity index is 1.94. The van der Waals surface area contributed by atoms with Crippen molar-refractivity contribution in [1.29, 1.82) is 0 Å². The lowest BCUT2D eigenvalue weighted by Crippen LogP contribution is -2.29. The monoisotopic (exact) mass is 389 g/mol. The average Bonchev–Trinajstić information content (AvgIpc) is 3.17. The third kappa shape index (κ3) is 3.92. The quantitative estimate of drug-likeness (QED) is 0.624. The van der Waals surface area contributed by atoms with Crippen LogP contribution in [0.25, 0.3) is 0 Å². The molecule has 2 aromatic carbocycles. The fourth-order valence-corrected chi connectivity index (χ4v) is 4.16. The number of aryl methyl sites for hydroxylation is 1. The van der Waals surface area contributed by atoms with Gasteiger partial charge < -0.3 is 4.90 Å². The lowest BCUT2D eigenvalue weighted by atomic mass is 10.1. The van der Waals surface area contributed by atoms with E-state index in [1.165, 1.54) is 12.1 Å². The summed E-state index contributed by atoms with van der Waals surface area (Å²) in [6.45, 7) is 3.02. The Morgan fingerprint density at radius 3 is 2.33 bits per heavy atom. The highest BCUT2D eigenvalue weighted by Gasteiger charge is 2.25. The van der Waals surface area contributed by atoms with Crippen molar-refractivity contribution in [2.45, 2.75) is 24.7 Å². The molecule has 0 aromatic heterocycles. The molecule has 1 aliphatic heterocycles. The fraction of sp³-hybridized carbons (Fsp3) is 0.278. The van der Waals surface area contributed by atoms with Crippen LogP contribution in [0.1, 0.15) is 28.8 Å². The minimum atomic E-state index is -4.00. The minimum absolute atomic E-state index is 0.115. The topological polar surface area (TPSA) is 110 Å². The van der Waals surface area contributed by atoms with Crippen molar-refractivity contribution in [2.24, 2.45) is 0 Å². The number of benzene rings is 2. The van der Waals surface area contributed by atoms with E-state index in [1.54, 1.807) is 30.0 Å². The zero-order valence-corrected chi connectivity index (χ0v) is 15.5. The van der Waals surface area contributed by atoms with E-state index in [1.807, 2.05) is 0 Å². The number of nitrogens with one attached hydrogen (secondary N) is 1. The van der Waals surface area contributed by atoms with Gasteiger partial charge in [-0.15, -0.1) is 0 Å². The molecule has 1 N–H and O–H groups in total. The number of nitro groups is 1. The van der Waals surface area contributed by atoms with Crippen molar-refractivity contribution in [1.82, 2.24) is 4.90 Å². The molecule has 1 saturated heterocycles. The zero-order chi connectivity index (χ0) is 19.6. The first-order valence-corrected chi connectivity index (χ1v) is 9.94. The molecule has 3 rings (SSSR count). The van der Waals surface area contributed by atoms with E-state index in [-0.39, 0.29) is 22.2 Å². The van der Waals surface area contributed by atoms with Gasteiger partial charge in [-0.2, -0.15) is 0 Å².